The molecule has 6 heterocycles. The van der Waals surface area contributed by atoms with Crippen molar-refractivity contribution in [3.05, 3.63) is 42.3 Å². The second-order valence-electron chi connectivity index (χ2n) is 7.75. The molecular weight excluding hydrogens is 474 g/mol. The third kappa shape index (κ3) is 2.68. The van der Waals surface area contributed by atoms with E-state index in [4.69, 9.17) is 18.3 Å². The Morgan fingerprint density at radius 1 is 1.24 bits per heavy atom. The van der Waals surface area contributed by atoms with Crippen LogP contribution in [0.4, 0.5) is 14.9 Å². The molecular formula is C19H16FN6O7P. The SMILES string of the molecule is CCn1nnc(-c2ccc(-c3ccc(N4C(=O)O[C@]5([C@@H](C)O)OP6(=O)OC45O6)cc3F)cn2)n1. The molecule has 7 rings (SSSR count). The standard InChI is InChI=1S/C19H16FN6O7P/c1-3-25-23-16(22-24-25)15-7-4-11(9-21-15)13-6-5-12(8-14(13)20)26-17(28)30-18(10(2)27)19(26)32-34(29,31-18)33-19/h4-10,27H,3H2,1-2H3/t10-,18-,19?,34?/m1/s1. The summed E-state index contributed by atoms with van der Waals surface area (Å²) in [6, 6.07) is 7.18. The van der Waals surface area contributed by atoms with Crippen LogP contribution in [0.1, 0.15) is 13.8 Å². The number of anilines is 1. The van der Waals surface area contributed by atoms with Crippen LogP contribution in [0.5, 0.6) is 0 Å². The number of nitrogens with zero attached hydrogens (tertiary/aromatic N) is 6. The smallest absolute Gasteiger partial charge is 0.405 e. The number of ether oxygens (including phenoxy) is 1. The van der Waals surface area contributed by atoms with E-state index in [0.29, 0.717) is 23.6 Å². The Hall–Kier alpha value is -3.29. The van der Waals surface area contributed by atoms with Gasteiger partial charge in [0, 0.05) is 17.3 Å². The van der Waals surface area contributed by atoms with Crippen molar-refractivity contribution < 1.29 is 37.2 Å². The number of hydrogen-bond acceptors (Lipinski definition) is 11. The van der Waals surface area contributed by atoms with E-state index in [0.717, 1.165) is 11.0 Å². The Balaban J connectivity index is 1.32. The molecule has 1 N–H and O–H groups in total. The molecule has 4 aliphatic rings. The second kappa shape index (κ2) is 6.87. The molecule has 13 nitrogen and oxygen atoms in total. The minimum atomic E-state index is -3.99. The number of aromatic nitrogens is 5. The summed E-state index contributed by atoms with van der Waals surface area (Å²) in [7, 11) is -3.99. The number of aliphatic hydroxyl groups excluding tert-OH is 1. The first-order chi connectivity index (χ1) is 16.2. The zero-order valence-electron chi connectivity index (χ0n) is 17.7. The van der Waals surface area contributed by atoms with Gasteiger partial charge in [-0.1, -0.05) is 6.07 Å². The summed E-state index contributed by atoms with van der Waals surface area (Å²) >= 11 is 0. The fourth-order valence-electron chi connectivity index (χ4n) is 4.06. The van der Waals surface area contributed by atoms with Crippen LogP contribution < -0.4 is 4.90 Å². The molecule has 2 aromatic heterocycles. The Morgan fingerprint density at radius 2 is 2.03 bits per heavy atom. The molecule has 34 heavy (non-hydrogen) atoms. The lowest BCUT2D eigenvalue weighted by atomic mass is 10.0. The predicted octanol–water partition coefficient (Wildman–Crippen LogP) is 2.43. The third-order valence-corrected chi connectivity index (χ3v) is 7.11. The molecule has 0 saturated carbocycles. The number of carbonyl (C=O) groups excluding carboxylic acids is 1. The number of benzene rings is 1. The number of tetrazole rings is 1. The fourth-order valence-corrected chi connectivity index (χ4v) is 5.81. The number of rotatable bonds is 5. The van der Waals surface area contributed by atoms with E-state index >= 15 is 4.39 Å². The highest BCUT2D eigenvalue weighted by atomic mass is 31.2. The van der Waals surface area contributed by atoms with Gasteiger partial charge in [-0.2, -0.15) is 4.80 Å². The molecule has 2 atom stereocenters. The van der Waals surface area contributed by atoms with Gasteiger partial charge < -0.3 is 9.84 Å². The monoisotopic (exact) mass is 490 g/mol. The first-order valence-corrected chi connectivity index (χ1v) is 11.6. The Labute approximate surface area is 190 Å². The van der Waals surface area contributed by atoms with Crippen LogP contribution in [-0.2, 0) is 29.4 Å². The summed E-state index contributed by atoms with van der Waals surface area (Å²) in [5, 5.41) is 22.1. The molecule has 1 amide bonds. The van der Waals surface area contributed by atoms with E-state index in [-0.39, 0.29) is 11.3 Å². The number of aryl methyl sites for hydroxylation is 1. The van der Waals surface area contributed by atoms with Gasteiger partial charge in [0.05, 0.1) is 12.2 Å². The van der Waals surface area contributed by atoms with Crippen molar-refractivity contribution in [1.29, 1.82) is 0 Å². The first-order valence-electron chi connectivity index (χ1n) is 10.2. The largest absolute Gasteiger partial charge is 0.486 e. The van der Waals surface area contributed by atoms with Gasteiger partial charge in [0.2, 0.25) is 5.82 Å². The molecule has 176 valence electrons. The van der Waals surface area contributed by atoms with Crippen molar-refractivity contribution in [2.24, 2.45) is 0 Å². The van der Waals surface area contributed by atoms with Gasteiger partial charge in [0.15, 0.2) is 0 Å². The van der Waals surface area contributed by atoms with E-state index < -0.39 is 37.5 Å². The van der Waals surface area contributed by atoms with Gasteiger partial charge >= 0.3 is 25.6 Å². The summed E-state index contributed by atoms with van der Waals surface area (Å²) in [6.07, 6.45) is -1.03. The second-order valence-corrected chi connectivity index (χ2v) is 9.19. The van der Waals surface area contributed by atoms with Gasteiger partial charge in [-0.3, -0.25) is 4.98 Å². The van der Waals surface area contributed by atoms with Crippen LogP contribution in [-0.4, -0.2) is 54.2 Å². The predicted molar refractivity (Wildman–Crippen MR) is 109 cm³/mol. The van der Waals surface area contributed by atoms with Crippen molar-refractivity contribution in [3.63, 3.8) is 0 Å². The lowest BCUT2D eigenvalue weighted by Crippen LogP contribution is -2.63. The number of hydrogen-bond donors (Lipinski definition) is 1. The fraction of sp³-hybridized carbons (Fsp3) is 0.316. The zero-order valence-corrected chi connectivity index (χ0v) is 18.5. The minimum absolute atomic E-state index is 0.0181. The molecule has 0 unspecified atom stereocenters. The third-order valence-electron chi connectivity index (χ3n) is 5.67. The van der Waals surface area contributed by atoms with Crippen molar-refractivity contribution >= 4 is 19.6 Å². The van der Waals surface area contributed by atoms with Gasteiger partial charge in [0.1, 0.15) is 17.6 Å². The number of halogens is 1. The van der Waals surface area contributed by atoms with E-state index in [1.807, 2.05) is 6.92 Å². The maximum Gasteiger partial charge on any atom is 0.486 e. The van der Waals surface area contributed by atoms with Crippen LogP contribution in [0, 0.1) is 5.82 Å². The van der Waals surface area contributed by atoms with Crippen LogP contribution in [0.15, 0.2) is 36.5 Å². The molecule has 2 bridgehead atoms. The van der Waals surface area contributed by atoms with Crippen LogP contribution in [0.3, 0.4) is 0 Å². The van der Waals surface area contributed by atoms with Crippen LogP contribution >= 0.6 is 7.82 Å². The summed E-state index contributed by atoms with van der Waals surface area (Å²) in [6.45, 7) is 3.70. The average Bonchev–Trinajstić information content (AvgIpc) is 3.47. The lowest BCUT2D eigenvalue weighted by molar-refractivity contribution is -0.278. The average molecular weight is 490 g/mol. The van der Waals surface area contributed by atoms with Crippen LogP contribution in [0.2, 0.25) is 0 Å². The van der Waals surface area contributed by atoms with Gasteiger partial charge in [-0.15, -0.1) is 10.2 Å². The van der Waals surface area contributed by atoms with Gasteiger partial charge in [-0.25, -0.2) is 32.2 Å². The van der Waals surface area contributed by atoms with E-state index in [1.54, 1.807) is 12.1 Å². The molecule has 4 aliphatic heterocycles. The maximum absolute atomic E-state index is 15.1. The minimum Gasteiger partial charge on any atom is -0.405 e. The van der Waals surface area contributed by atoms with E-state index in [2.05, 4.69) is 20.4 Å². The molecule has 0 radical (unpaired) electrons. The van der Waals surface area contributed by atoms with E-state index in [9.17, 15) is 14.5 Å². The Morgan fingerprint density at radius 3 is 2.65 bits per heavy atom. The number of aliphatic hydroxyl groups is 1. The molecule has 4 saturated heterocycles. The summed E-state index contributed by atoms with van der Waals surface area (Å²) in [4.78, 5) is 19.1. The topological polar surface area (TPSA) is 151 Å². The summed E-state index contributed by atoms with van der Waals surface area (Å²) < 4.78 is 48.2. The quantitative estimate of drug-likeness (QED) is 0.525. The summed E-state index contributed by atoms with van der Waals surface area (Å²) in [5.74, 6) is -4.65. The normalized spacial score (nSPS) is 30.1. The van der Waals surface area contributed by atoms with Crippen molar-refractivity contribution in [2.75, 3.05) is 4.90 Å². The van der Waals surface area contributed by atoms with Gasteiger partial charge in [0.25, 0.3) is 0 Å². The highest BCUT2D eigenvalue weighted by molar-refractivity contribution is 7.50. The number of pyridine rings is 1. The number of carbonyl (C=O) groups is 1. The van der Waals surface area contributed by atoms with E-state index in [1.165, 1.54) is 30.0 Å². The highest BCUT2D eigenvalue weighted by Crippen LogP contribution is 2.81. The van der Waals surface area contributed by atoms with Crippen LogP contribution in [0.25, 0.3) is 22.6 Å². The first kappa shape index (κ1) is 21.3. The van der Waals surface area contributed by atoms with Crippen molar-refractivity contribution in [3.8, 4) is 22.6 Å². The molecule has 4 fully saturated rings. The molecule has 15 heteroatoms. The van der Waals surface area contributed by atoms with Crippen molar-refractivity contribution in [2.45, 2.75) is 38.2 Å². The van der Waals surface area contributed by atoms with Gasteiger partial charge in [-0.05, 0) is 43.3 Å². The lowest BCUT2D eigenvalue weighted by Gasteiger charge is -2.39. The summed E-state index contributed by atoms with van der Waals surface area (Å²) in [5.41, 5.74) is 1.11. The highest BCUT2D eigenvalue weighted by Gasteiger charge is 2.90. The molecule has 3 aromatic rings. The molecule has 0 aliphatic carbocycles. The molecule has 1 aromatic carbocycles. The number of amides is 1. The Bertz CT molecular complexity index is 1370. The zero-order chi connectivity index (χ0) is 23.9. The Kier molecular flexibility index (Phi) is 4.29. The maximum atomic E-state index is 15.1. The number of phosphoric acid groups is 1. The van der Waals surface area contributed by atoms with Crippen molar-refractivity contribution in [1.82, 2.24) is 25.2 Å². The molecule has 1 spiro atoms. The number of phosphoric ester groups is 1.